The van der Waals surface area contributed by atoms with Gasteiger partial charge in [0.05, 0.1) is 46.8 Å². The summed E-state index contributed by atoms with van der Waals surface area (Å²) in [4.78, 5) is 73.5. The second kappa shape index (κ2) is 25.3. The molecule has 0 radical (unpaired) electrons. The summed E-state index contributed by atoms with van der Waals surface area (Å²) in [7, 11) is -19.0. The number of ketones is 1. The van der Waals surface area contributed by atoms with E-state index in [1.807, 2.05) is 0 Å². The van der Waals surface area contributed by atoms with Crippen LogP contribution < -0.4 is 0 Å². The van der Waals surface area contributed by atoms with E-state index >= 15 is 30.9 Å². The molecule has 0 aliphatic carbocycles. The summed E-state index contributed by atoms with van der Waals surface area (Å²) < 4.78 is 160. The van der Waals surface area contributed by atoms with E-state index in [4.69, 9.17) is 29.0 Å². The zero-order valence-electron chi connectivity index (χ0n) is 48.9. The summed E-state index contributed by atoms with van der Waals surface area (Å²) in [5.41, 5.74) is -20.0. The second-order valence-corrected chi connectivity index (χ2v) is 31.7. The van der Waals surface area contributed by atoms with Crippen molar-refractivity contribution >= 4 is 115 Å². The molecular formula is C68H49F6N4O10P3S4. The molecule has 4 heterocycles. The number of nitrogens with zero attached hydrogens (tertiary/aromatic N) is 4. The maximum Gasteiger partial charge on any atom is 0.407 e. The molecule has 0 saturated carbocycles. The Morgan fingerprint density at radius 1 is 0.389 bits per heavy atom. The van der Waals surface area contributed by atoms with Crippen molar-refractivity contribution < 1.29 is 73.5 Å². The van der Waals surface area contributed by atoms with Crippen molar-refractivity contribution in [1.82, 2.24) is 19.9 Å². The SMILES string of the molecule is O=C(c1ccccc1)C(Cc1ccc(C(F)(F)P(=O)(OC(Cc2ccc(C(F)(F)P(=O)(O)O)cc2)(c2nc3ccccc3s2)c2nc3ccccc3s2)OC(Cc2ccc(C(F)(F)P(=O)(O)O)cc2)(c2nc3ccccc3s2)c2nc3ccccc3s2)cc1)c1ccccc1. The normalized spacial score (nSPS) is 13.5. The van der Waals surface area contributed by atoms with E-state index in [-0.39, 0.29) is 43.4 Å². The Bertz CT molecular complexity index is 4630. The Balaban J connectivity index is 1.08. The molecule has 4 aromatic heterocycles. The molecule has 13 aromatic rings. The number of fused-ring (bicyclic) bond motifs is 4. The highest BCUT2D eigenvalue weighted by Gasteiger charge is 2.65. The van der Waals surface area contributed by atoms with Gasteiger partial charge >= 0.3 is 39.8 Å². The van der Waals surface area contributed by atoms with Crippen LogP contribution in [-0.2, 0) is 70.2 Å². The maximum atomic E-state index is 19.9. The first kappa shape index (κ1) is 65.9. The molecule has 0 aliphatic heterocycles. The van der Waals surface area contributed by atoms with E-state index < -0.39 is 86.4 Å². The quantitative estimate of drug-likeness (QED) is 0.0266. The first-order valence-electron chi connectivity index (χ1n) is 28.9. The van der Waals surface area contributed by atoms with Crippen LogP contribution in [0.25, 0.3) is 40.9 Å². The second-order valence-electron chi connectivity index (χ2n) is 22.3. The minimum absolute atomic E-state index is 0.00265. The molecule has 1 atom stereocenters. The summed E-state index contributed by atoms with van der Waals surface area (Å²) >= 11 is 3.75. The number of alkyl halides is 6. The van der Waals surface area contributed by atoms with E-state index in [0.717, 1.165) is 106 Å². The minimum atomic E-state index is -6.73. The topological polar surface area (TPSA) is 219 Å². The van der Waals surface area contributed by atoms with Crippen LogP contribution in [0.5, 0.6) is 0 Å². The Kier molecular flexibility index (Phi) is 17.6. The predicted octanol–water partition coefficient (Wildman–Crippen LogP) is 18.4. The number of carbonyl (C=O) groups is 1. The van der Waals surface area contributed by atoms with Gasteiger partial charge in [-0.05, 0) is 77.2 Å². The van der Waals surface area contributed by atoms with Crippen molar-refractivity contribution in [2.75, 3.05) is 0 Å². The van der Waals surface area contributed by atoms with Crippen molar-refractivity contribution in [2.24, 2.45) is 0 Å². The number of hydrogen-bond acceptors (Lipinski definition) is 14. The summed E-state index contributed by atoms with van der Waals surface area (Å²) in [5, 5.41) is -0.613. The molecule has 0 saturated heterocycles. The van der Waals surface area contributed by atoms with Crippen LogP contribution >= 0.6 is 68.1 Å². The summed E-state index contributed by atoms with van der Waals surface area (Å²) in [6, 6.07) is 56.3. The van der Waals surface area contributed by atoms with Crippen LogP contribution in [-0.4, -0.2) is 45.3 Å². The molecule has 27 heteroatoms. The Morgan fingerprint density at radius 3 is 1.01 bits per heavy atom. The van der Waals surface area contributed by atoms with Gasteiger partial charge in [-0.3, -0.25) is 27.5 Å². The summed E-state index contributed by atoms with van der Waals surface area (Å²) in [6.45, 7) is 0. The molecule has 95 heavy (non-hydrogen) atoms. The maximum absolute atomic E-state index is 19.9. The number of Topliss-reactive ketones (excluding diaryl/α,β-unsaturated/α-hetero) is 1. The van der Waals surface area contributed by atoms with E-state index in [1.165, 1.54) is 12.1 Å². The van der Waals surface area contributed by atoms with Gasteiger partial charge < -0.3 is 19.6 Å². The average molecular weight is 1420 g/mol. The Morgan fingerprint density at radius 2 is 0.684 bits per heavy atom. The number of halogens is 6. The summed E-state index contributed by atoms with van der Waals surface area (Å²) in [6.07, 6.45) is -1.45. The summed E-state index contributed by atoms with van der Waals surface area (Å²) in [5.74, 6) is -1.07. The number of hydrogen-bond donors (Lipinski definition) is 4. The van der Waals surface area contributed by atoms with Crippen molar-refractivity contribution in [3.63, 3.8) is 0 Å². The third-order valence-corrected chi connectivity index (χ3v) is 24.8. The molecule has 4 N–H and O–H groups in total. The molecule has 0 spiro atoms. The van der Waals surface area contributed by atoms with Gasteiger partial charge in [-0.15, -0.1) is 45.3 Å². The zero-order chi connectivity index (χ0) is 66.8. The Hall–Kier alpha value is -7.76. The fourth-order valence-corrected chi connectivity index (χ4v) is 18.8. The van der Waals surface area contributed by atoms with Crippen molar-refractivity contribution in [3.05, 3.63) is 295 Å². The highest BCUT2D eigenvalue weighted by molar-refractivity contribution is 7.55. The first-order valence-corrected chi connectivity index (χ1v) is 36.9. The highest BCUT2D eigenvalue weighted by Crippen LogP contribution is 2.74. The van der Waals surface area contributed by atoms with Crippen molar-refractivity contribution in [2.45, 2.75) is 53.4 Å². The fraction of sp³-hybridized carbons (Fsp3) is 0.132. The Labute approximate surface area is 553 Å². The van der Waals surface area contributed by atoms with Gasteiger partial charge in [0.25, 0.3) is 0 Å². The highest BCUT2D eigenvalue weighted by atomic mass is 32.1. The molecule has 0 bridgehead atoms. The first-order chi connectivity index (χ1) is 45.3. The van der Waals surface area contributed by atoms with Crippen molar-refractivity contribution in [1.29, 1.82) is 0 Å². The van der Waals surface area contributed by atoms with Crippen LogP contribution in [0.2, 0.25) is 0 Å². The monoisotopic (exact) mass is 1420 g/mol. The lowest BCUT2D eigenvalue weighted by Crippen LogP contribution is -2.40. The lowest BCUT2D eigenvalue weighted by molar-refractivity contribution is -0.0313. The van der Waals surface area contributed by atoms with E-state index in [2.05, 4.69) is 0 Å². The van der Waals surface area contributed by atoms with E-state index in [1.54, 1.807) is 158 Å². The smallest absolute Gasteiger partial charge is 0.320 e. The van der Waals surface area contributed by atoms with Gasteiger partial charge in [0.15, 0.2) is 17.0 Å². The lowest BCUT2D eigenvalue weighted by atomic mass is 9.85. The third kappa shape index (κ3) is 12.5. The average Bonchev–Trinajstić information content (AvgIpc) is 1.69. The van der Waals surface area contributed by atoms with Gasteiger partial charge in [0, 0.05) is 35.1 Å². The number of para-hydroxylation sites is 4. The number of rotatable bonds is 23. The molecule has 1 unspecified atom stereocenters. The van der Waals surface area contributed by atoms with Crippen LogP contribution in [0, 0.1) is 0 Å². The van der Waals surface area contributed by atoms with Crippen LogP contribution in [0.15, 0.2) is 231 Å². The molecule has 0 amide bonds. The van der Waals surface area contributed by atoms with E-state index in [0.29, 0.717) is 57.6 Å². The predicted molar refractivity (Wildman–Crippen MR) is 356 cm³/mol. The van der Waals surface area contributed by atoms with Gasteiger partial charge in [0.2, 0.25) is 0 Å². The molecule has 482 valence electrons. The third-order valence-electron chi connectivity index (χ3n) is 16.0. The van der Waals surface area contributed by atoms with E-state index in [9.17, 15) is 33.5 Å². The number of benzene rings is 9. The van der Waals surface area contributed by atoms with Gasteiger partial charge in [-0.2, -0.15) is 26.3 Å². The van der Waals surface area contributed by atoms with Gasteiger partial charge in [-0.1, -0.05) is 182 Å². The number of thiazole rings is 4. The molecule has 14 nitrogen and oxygen atoms in total. The lowest BCUT2D eigenvalue weighted by Gasteiger charge is -2.41. The minimum Gasteiger partial charge on any atom is -0.320 e. The number of aromatic nitrogens is 4. The largest absolute Gasteiger partial charge is 0.407 e. The molecule has 13 rings (SSSR count). The van der Waals surface area contributed by atoms with Crippen molar-refractivity contribution in [3.8, 4) is 0 Å². The fourth-order valence-electron chi connectivity index (χ4n) is 11.1. The molecule has 9 aromatic carbocycles. The van der Waals surface area contributed by atoms with Crippen LogP contribution in [0.4, 0.5) is 26.3 Å². The van der Waals surface area contributed by atoms with Gasteiger partial charge in [-0.25, -0.2) is 19.9 Å². The standard InChI is InChI=1S/C68H49F6N4O10P3S4/c69-66(70,89(80,81)82)47-35-29-43(30-36-47)40-64(60-75-51-19-7-11-23-55(51)92-60,61-76-52-20-8-12-24-56(52)93-61)87-91(86,68(73,74)49-33-27-42(28-34-49)39-50(45-15-3-1-4-16-45)59(79)46-17-5-2-6-18-46)88-65(62-77-53-21-9-13-25-57(53)94-62,63-78-54-22-10-14-26-58(54)95-63)41-44-31-37-48(38-32-44)67(71,72)90(83,84)85/h1-38,50H,39-41H2,(H2,80,81,82)(H2,83,84,85). The number of carbonyl (C=O) groups excluding carboxylic acids is 1. The van der Waals surface area contributed by atoms with Crippen LogP contribution in [0.3, 0.4) is 0 Å². The molecular weight excluding hydrogens is 1370 g/mol. The molecule has 0 aliphatic rings. The molecule has 0 fully saturated rings. The van der Waals surface area contributed by atoms with Gasteiger partial charge in [0.1, 0.15) is 20.0 Å². The van der Waals surface area contributed by atoms with Crippen LogP contribution in [0.1, 0.15) is 75.3 Å². The zero-order valence-corrected chi connectivity index (χ0v) is 54.9.